The van der Waals surface area contributed by atoms with Gasteiger partial charge in [0.2, 0.25) is 6.79 Å². The molecule has 0 aromatic heterocycles. The molecule has 1 heterocycles. The van der Waals surface area contributed by atoms with Crippen molar-refractivity contribution in [1.82, 2.24) is 5.32 Å². The molecule has 5 heteroatoms. The Morgan fingerprint density at radius 2 is 2.00 bits per heavy atom. The number of hydrogen-bond donors (Lipinski definition) is 1. The van der Waals surface area contributed by atoms with Gasteiger partial charge in [-0.3, -0.25) is 0 Å². The maximum atomic E-state index is 5.54. The first kappa shape index (κ1) is 15.5. The van der Waals surface area contributed by atoms with Crippen LogP contribution in [0.4, 0.5) is 0 Å². The molecule has 1 atom stereocenters. The number of hydrogen-bond acceptors (Lipinski definition) is 5. The standard InChI is InChI=1S/C18H21NO4/c1-12(15-8-7-14(20-2)9-17(15)21-3)19-10-13-5-4-6-16-18(13)23-11-22-16/h4-9,12,19H,10-11H2,1-3H3. The average Bonchev–Trinajstić information content (AvgIpc) is 3.08. The number of ether oxygens (including phenoxy) is 4. The average molecular weight is 315 g/mol. The van der Waals surface area contributed by atoms with Crippen molar-refractivity contribution >= 4 is 0 Å². The topological polar surface area (TPSA) is 49.0 Å². The van der Waals surface area contributed by atoms with E-state index in [0.29, 0.717) is 6.54 Å². The number of rotatable bonds is 6. The van der Waals surface area contributed by atoms with Crippen LogP contribution >= 0.6 is 0 Å². The smallest absolute Gasteiger partial charge is 0.231 e. The van der Waals surface area contributed by atoms with Crippen LogP contribution in [-0.4, -0.2) is 21.0 Å². The van der Waals surface area contributed by atoms with Crippen LogP contribution in [0.25, 0.3) is 0 Å². The van der Waals surface area contributed by atoms with Crippen LogP contribution in [0.5, 0.6) is 23.0 Å². The molecule has 1 aliphatic rings. The van der Waals surface area contributed by atoms with Crippen LogP contribution in [0.1, 0.15) is 24.1 Å². The van der Waals surface area contributed by atoms with Gasteiger partial charge in [-0.05, 0) is 19.1 Å². The van der Waals surface area contributed by atoms with E-state index in [1.54, 1.807) is 14.2 Å². The van der Waals surface area contributed by atoms with Crippen LogP contribution < -0.4 is 24.3 Å². The zero-order valence-electron chi connectivity index (χ0n) is 13.6. The second-order valence-electron chi connectivity index (χ2n) is 5.36. The first-order chi connectivity index (χ1) is 11.2. The van der Waals surface area contributed by atoms with Crippen molar-refractivity contribution in [2.24, 2.45) is 0 Å². The Labute approximate surface area is 136 Å². The van der Waals surface area contributed by atoms with Gasteiger partial charge in [0.15, 0.2) is 11.5 Å². The highest BCUT2D eigenvalue weighted by atomic mass is 16.7. The highest BCUT2D eigenvalue weighted by Crippen LogP contribution is 2.36. The first-order valence-electron chi connectivity index (χ1n) is 7.55. The lowest BCUT2D eigenvalue weighted by Gasteiger charge is -2.18. The lowest BCUT2D eigenvalue weighted by atomic mass is 10.1. The lowest BCUT2D eigenvalue weighted by molar-refractivity contribution is 0.173. The van der Waals surface area contributed by atoms with Gasteiger partial charge in [0, 0.05) is 29.8 Å². The number of nitrogens with one attached hydrogen (secondary N) is 1. The number of fused-ring (bicyclic) bond motifs is 1. The van der Waals surface area contributed by atoms with Crippen molar-refractivity contribution in [3.63, 3.8) is 0 Å². The highest BCUT2D eigenvalue weighted by molar-refractivity contribution is 5.48. The molecule has 0 bridgehead atoms. The van der Waals surface area contributed by atoms with Gasteiger partial charge in [0.05, 0.1) is 14.2 Å². The summed E-state index contributed by atoms with van der Waals surface area (Å²) in [6.45, 7) is 3.07. The summed E-state index contributed by atoms with van der Waals surface area (Å²) in [6, 6.07) is 11.9. The molecular formula is C18H21NO4. The zero-order chi connectivity index (χ0) is 16.2. The van der Waals surface area contributed by atoms with Crippen LogP contribution in [0.15, 0.2) is 36.4 Å². The minimum absolute atomic E-state index is 0.119. The second-order valence-corrected chi connectivity index (χ2v) is 5.36. The molecule has 0 radical (unpaired) electrons. The molecular weight excluding hydrogens is 294 g/mol. The summed E-state index contributed by atoms with van der Waals surface area (Å²) in [7, 11) is 3.31. The van der Waals surface area contributed by atoms with Gasteiger partial charge >= 0.3 is 0 Å². The summed E-state index contributed by atoms with van der Waals surface area (Å²) in [5, 5.41) is 3.50. The van der Waals surface area contributed by atoms with Crippen molar-refractivity contribution in [2.75, 3.05) is 21.0 Å². The Bertz CT molecular complexity index is 687. The van der Waals surface area contributed by atoms with Gasteiger partial charge in [-0.2, -0.15) is 0 Å². The molecule has 1 N–H and O–H groups in total. The minimum Gasteiger partial charge on any atom is -0.497 e. The van der Waals surface area contributed by atoms with E-state index in [1.807, 2.05) is 36.4 Å². The number of methoxy groups -OCH3 is 2. The summed E-state index contributed by atoms with van der Waals surface area (Å²) in [6.07, 6.45) is 0. The molecule has 23 heavy (non-hydrogen) atoms. The predicted octanol–water partition coefficient (Wildman–Crippen LogP) is 3.28. The molecule has 0 spiro atoms. The van der Waals surface area contributed by atoms with Gasteiger partial charge in [-0.15, -0.1) is 0 Å². The third-order valence-corrected chi connectivity index (χ3v) is 3.98. The van der Waals surface area contributed by atoms with Crippen molar-refractivity contribution < 1.29 is 18.9 Å². The van der Waals surface area contributed by atoms with E-state index in [1.165, 1.54) is 0 Å². The van der Waals surface area contributed by atoms with Gasteiger partial charge < -0.3 is 24.3 Å². The Kier molecular flexibility index (Phi) is 4.57. The van der Waals surface area contributed by atoms with Crippen molar-refractivity contribution in [1.29, 1.82) is 0 Å². The fourth-order valence-electron chi connectivity index (χ4n) is 2.68. The third kappa shape index (κ3) is 3.19. The quantitative estimate of drug-likeness (QED) is 0.886. The van der Waals surface area contributed by atoms with E-state index >= 15 is 0 Å². The van der Waals surface area contributed by atoms with Gasteiger partial charge in [0.25, 0.3) is 0 Å². The molecule has 122 valence electrons. The molecule has 0 fully saturated rings. The van der Waals surface area contributed by atoms with Crippen LogP contribution in [0, 0.1) is 0 Å². The summed E-state index contributed by atoms with van der Waals surface area (Å²) in [5.74, 6) is 3.22. The SMILES string of the molecule is COc1ccc(C(C)NCc2cccc3c2OCO3)c(OC)c1. The van der Waals surface area contributed by atoms with Gasteiger partial charge in [-0.1, -0.05) is 18.2 Å². The van der Waals surface area contributed by atoms with E-state index in [0.717, 1.165) is 34.1 Å². The molecule has 0 amide bonds. The molecule has 2 aromatic rings. The third-order valence-electron chi connectivity index (χ3n) is 3.98. The summed E-state index contributed by atoms with van der Waals surface area (Å²) in [4.78, 5) is 0. The Hall–Kier alpha value is -2.40. The monoisotopic (exact) mass is 315 g/mol. The largest absolute Gasteiger partial charge is 0.497 e. The second kappa shape index (κ2) is 6.79. The molecule has 1 unspecified atom stereocenters. The summed E-state index contributed by atoms with van der Waals surface area (Å²) >= 11 is 0. The molecule has 0 saturated heterocycles. The van der Waals surface area contributed by atoms with E-state index in [4.69, 9.17) is 18.9 Å². The predicted molar refractivity (Wildman–Crippen MR) is 87.4 cm³/mol. The number of para-hydroxylation sites is 1. The maximum absolute atomic E-state index is 5.54. The van der Waals surface area contributed by atoms with Crippen molar-refractivity contribution in [2.45, 2.75) is 19.5 Å². The van der Waals surface area contributed by atoms with E-state index in [2.05, 4.69) is 12.2 Å². The fraction of sp³-hybridized carbons (Fsp3) is 0.333. The molecule has 2 aromatic carbocycles. The normalized spacial score (nSPS) is 13.7. The molecule has 1 aliphatic heterocycles. The van der Waals surface area contributed by atoms with E-state index < -0.39 is 0 Å². The minimum atomic E-state index is 0.119. The Morgan fingerprint density at radius 3 is 2.78 bits per heavy atom. The van der Waals surface area contributed by atoms with Crippen LogP contribution in [-0.2, 0) is 6.54 Å². The van der Waals surface area contributed by atoms with Crippen molar-refractivity contribution in [3.8, 4) is 23.0 Å². The van der Waals surface area contributed by atoms with Crippen LogP contribution in [0.2, 0.25) is 0 Å². The lowest BCUT2D eigenvalue weighted by Crippen LogP contribution is -2.19. The van der Waals surface area contributed by atoms with Gasteiger partial charge in [0.1, 0.15) is 11.5 Å². The fourth-order valence-corrected chi connectivity index (χ4v) is 2.68. The Morgan fingerprint density at radius 1 is 1.13 bits per heavy atom. The number of benzene rings is 2. The maximum Gasteiger partial charge on any atom is 0.231 e. The van der Waals surface area contributed by atoms with Gasteiger partial charge in [-0.25, -0.2) is 0 Å². The zero-order valence-corrected chi connectivity index (χ0v) is 13.6. The van der Waals surface area contributed by atoms with E-state index in [9.17, 15) is 0 Å². The molecule has 3 rings (SSSR count). The molecule has 0 saturated carbocycles. The summed E-state index contributed by atoms with van der Waals surface area (Å²) in [5.41, 5.74) is 2.16. The highest BCUT2D eigenvalue weighted by Gasteiger charge is 2.18. The van der Waals surface area contributed by atoms with Crippen molar-refractivity contribution in [3.05, 3.63) is 47.5 Å². The Balaban J connectivity index is 1.73. The summed E-state index contributed by atoms with van der Waals surface area (Å²) < 4.78 is 21.7. The molecule has 5 nitrogen and oxygen atoms in total. The van der Waals surface area contributed by atoms with Crippen LogP contribution in [0.3, 0.4) is 0 Å². The molecule has 0 aliphatic carbocycles. The first-order valence-corrected chi connectivity index (χ1v) is 7.55. The van der Waals surface area contributed by atoms with E-state index in [-0.39, 0.29) is 12.8 Å².